The van der Waals surface area contributed by atoms with Crippen LogP contribution in [0.3, 0.4) is 0 Å². The molecule has 0 amide bonds. The van der Waals surface area contributed by atoms with E-state index in [1.165, 1.54) is 0 Å². The fraction of sp³-hybridized carbons (Fsp3) is 0.429. The van der Waals surface area contributed by atoms with E-state index in [0.29, 0.717) is 35.1 Å². The Balaban J connectivity index is 2.15. The highest BCUT2D eigenvalue weighted by Crippen LogP contribution is 2.27. The summed E-state index contributed by atoms with van der Waals surface area (Å²) in [5.41, 5.74) is 1.70. The van der Waals surface area contributed by atoms with Crippen LogP contribution in [0.5, 0.6) is 0 Å². The van der Waals surface area contributed by atoms with E-state index in [9.17, 15) is 5.26 Å². The van der Waals surface area contributed by atoms with Gasteiger partial charge in [-0.1, -0.05) is 31.2 Å². The predicted octanol–water partition coefficient (Wildman–Crippen LogP) is 3.94. The molecular formula is C14H18ClN3OSi. The molecule has 0 aliphatic heterocycles. The van der Waals surface area contributed by atoms with Crippen LogP contribution in [0.25, 0.3) is 11.0 Å². The van der Waals surface area contributed by atoms with E-state index in [-0.39, 0.29) is 0 Å². The van der Waals surface area contributed by atoms with Crippen LogP contribution >= 0.6 is 11.6 Å². The van der Waals surface area contributed by atoms with E-state index < -0.39 is 8.07 Å². The van der Waals surface area contributed by atoms with Gasteiger partial charge >= 0.3 is 0 Å². The third kappa shape index (κ3) is 3.40. The lowest BCUT2D eigenvalue weighted by Gasteiger charge is -2.15. The largest absolute Gasteiger partial charge is 0.375 e. The molecule has 6 heteroatoms. The van der Waals surface area contributed by atoms with Crippen LogP contribution in [0.15, 0.2) is 12.3 Å². The molecule has 0 atom stereocenters. The maximum Gasteiger partial charge on any atom is 0.139 e. The van der Waals surface area contributed by atoms with Gasteiger partial charge in [-0.15, -0.1) is 0 Å². The summed E-state index contributed by atoms with van der Waals surface area (Å²) in [5, 5.41) is 10.5. The van der Waals surface area contributed by atoms with E-state index in [0.717, 1.165) is 11.4 Å². The second-order valence-electron chi connectivity index (χ2n) is 5.96. The minimum atomic E-state index is -1.10. The second-order valence-corrected chi connectivity index (χ2v) is 12.0. The van der Waals surface area contributed by atoms with E-state index >= 15 is 0 Å². The van der Waals surface area contributed by atoms with Gasteiger partial charge in [-0.2, -0.15) is 5.26 Å². The molecule has 0 unspecified atom stereocenters. The Morgan fingerprint density at radius 3 is 2.85 bits per heavy atom. The topological polar surface area (TPSA) is 61.7 Å². The molecule has 0 saturated carbocycles. The maximum absolute atomic E-state index is 9.25. The predicted molar refractivity (Wildman–Crippen MR) is 83.6 cm³/mol. The summed E-state index contributed by atoms with van der Waals surface area (Å²) in [6.45, 7) is 7.93. The van der Waals surface area contributed by atoms with Crippen LogP contribution < -0.4 is 0 Å². The molecule has 4 nitrogen and oxygen atoms in total. The highest BCUT2D eigenvalue weighted by atomic mass is 35.5. The summed E-state index contributed by atoms with van der Waals surface area (Å²) in [5.74, 6) is 0. The number of nitriles is 1. The Hall–Kier alpha value is -1.35. The highest BCUT2D eigenvalue weighted by Gasteiger charge is 2.15. The molecule has 0 fully saturated rings. The Kier molecular flexibility index (Phi) is 4.48. The number of nitrogens with one attached hydrogen (secondary N) is 1. The number of rotatable bonds is 5. The number of nitrogens with zero attached hydrogens (tertiary/aromatic N) is 2. The van der Waals surface area contributed by atoms with Crippen molar-refractivity contribution in [2.45, 2.75) is 32.3 Å². The van der Waals surface area contributed by atoms with Gasteiger partial charge in [0.1, 0.15) is 11.7 Å². The van der Waals surface area contributed by atoms with Crippen LogP contribution in [0.1, 0.15) is 11.3 Å². The smallest absolute Gasteiger partial charge is 0.139 e. The average molecular weight is 308 g/mol. The molecule has 20 heavy (non-hydrogen) atoms. The van der Waals surface area contributed by atoms with Gasteiger partial charge in [0.2, 0.25) is 0 Å². The molecule has 1 N–H and O–H groups in total. The van der Waals surface area contributed by atoms with E-state index in [1.54, 1.807) is 6.20 Å². The van der Waals surface area contributed by atoms with Crippen molar-refractivity contribution in [3.63, 3.8) is 0 Å². The first-order valence-electron chi connectivity index (χ1n) is 6.55. The summed E-state index contributed by atoms with van der Waals surface area (Å²) in [7, 11) is -1.10. The number of aromatic nitrogens is 2. The van der Waals surface area contributed by atoms with Crippen LogP contribution in [0.2, 0.25) is 30.7 Å². The molecule has 0 radical (unpaired) electrons. The Bertz CT molecular complexity index is 655. The van der Waals surface area contributed by atoms with Crippen molar-refractivity contribution >= 4 is 30.7 Å². The number of ether oxygens (including phenoxy) is 1. The Labute approximate surface area is 124 Å². The number of H-pyrrole nitrogens is 1. The van der Waals surface area contributed by atoms with Gasteiger partial charge in [0.05, 0.1) is 22.9 Å². The lowest BCUT2D eigenvalue weighted by molar-refractivity contribution is 0.130. The van der Waals surface area contributed by atoms with Crippen molar-refractivity contribution in [3.8, 4) is 6.07 Å². The second kappa shape index (κ2) is 5.96. The van der Waals surface area contributed by atoms with Crippen molar-refractivity contribution < 1.29 is 4.74 Å². The van der Waals surface area contributed by atoms with Gasteiger partial charge in [-0.3, -0.25) is 0 Å². The van der Waals surface area contributed by atoms with Crippen molar-refractivity contribution in [2.75, 3.05) is 6.61 Å². The van der Waals surface area contributed by atoms with Crippen LogP contribution in [-0.4, -0.2) is 24.6 Å². The summed E-state index contributed by atoms with van der Waals surface area (Å²) >= 11 is 6.24. The molecule has 2 rings (SSSR count). The molecular weight excluding hydrogens is 290 g/mol. The molecule has 0 saturated heterocycles. The molecule has 0 spiro atoms. The first-order valence-corrected chi connectivity index (χ1v) is 10.6. The number of pyridine rings is 1. The fourth-order valence-corrected chi connectivity index (χ4v) is 2.91. The number of hydrogen-bond donors (Lipinski definition) is 1. The zero-order valence-corrected chi connectivity index (χ0v) is 13.7. The SMILES string of the molecule is C[Si](C)(C)CCOCc1nc2[nH]ccc2c(Cl)c1C#N. The van der Waals surface area contributed by atoms with Crippen molar-refractivity contribution in [2.24, 2.45) is 0 Å². The van der Waals surface area contributed by atoms with E-state index in [1.807, 2.05) is 6.07 Å². The third-order valence-electron chi connectivity index (χ3n) is 3.06. The van der Waals surface area contributed by atoms with E-state index in [2.05, 4.69) is 35.7 Å². The standard InChI is InChI=1S/C14H18ClN3OSi/c1-20(2,3)7-6-19-9-12-11(8-16)13(15)10-4-5-17-14(10)18-12/h4-5H,6-7,9H2,1-3H3,(H,17,18). The van der Waals surface area contributed by atoms with Crippen LogP contribution in [0, 0.1) is 11.3 Å². The number of hydrogen-bond acceptors (Lipinski definition) is 3. The van der Waals surface area contributed by atoms with Crippen LogP contribution in [-0.2, 0) is 11.3 Å². The normalized spacial score (nSPS) is 11.8. The highest BCUT2D eigenvalue weighted by molar-refractivity contribution is 6.76. The van der Waals surface area contributed by atoms with Gasteiger partial charge in [-0.05, 0) is 12.1 Å². The molecule has 2 aromatic rings. The summed E-state index contributed by atoms with van der Waals surface area (Å²) in [6, 6.07) is 5.03. The molecule has 2 heterocycles. The van der Waals surface area contributed by atoms with Gasteiger partial charge in [0, 0.05) is 26.3 Å². The third-order valence-corrected chi connectivity index (χ3v) is 5.16. The summed E-state index contributed by atoms with van der Waals surface area (Å²) in [4.78, 5) is 7.44. The lowest BCUT2D eigenvalue weighted by atomic mass is 10.2. The first kappa shape index (κ1) is 15.0. The molecule has 0 aliphatic rings. The van der Waals surface area contributed by atoms with Gasteiger partial charge < -0.3 is 9.72 Å². The fourth-order valence-electron chi connectivity index (χ4n) is 1.85. The minimum absolute atomic E-state index is 0.321. The minimum Gasteiger partial charge on any atom is -0.375 e. The first-order chi connectivity index (χ1) is 9.42. The molecule has 0 bridgehead atoms. The number of fused-ring (bicyclic) bond motifs is 1. The lowest BCUT2D eigenvalue weighted by Crippen LogP contribution is -2.21. The van der Waals surface area contributed by atoms with Crippen molar-refractivity contribution in [1.29, 1.82) is 5.26 Å². The van der Waals surface area contributed by atoms with Crippen LogP contribution in [0.4, 0.5) is 0 Å². The molecule has 0 aromatic carbocycles. The Morgan fingerprint density at radius 1 is 1.45 bits per heavy atom. The van der Waals surface area contributed by atoms with Crippen molar-refractivity contribution in [3.05, 3.63) is 28.5 Å². The number of aromatic amines is 1. The Morgan fingerprint density at radius 2 is 2.20 bits per heavy atom. The monoisotopic (exact) mass is 307 g/mol. The van der Waals surface area contributed by atoms with Crippen molar-refractivity contribution in [1.82, 2.24) is 9.97 Å². The van der Waals surface area contributed by atoms with E-state index in [4.69, 9.17) is 16.3 Å². The molecule has 2 aromatic heterocycles. The zero-order valence-electron chi connectivity index (χ0n) is 12.0. The molecule has 0 aliphatic carbocycles. The average Bonchev–Trinajstić information content (AvgIpc) is 2.82. The molecule has 106 valence electrons. The van der Waals surface area contributed by atoms with Gasteiger partial charge in [-0.25, -0.2) is 4.98 Å². The summed E-state index contributed by atoms with van der Waals surface area (Å²) < 4.78 is 5.67. The quantitative estimate of drug-likeness (QED) is 0.672. The maximum atomic E-state index is 9.25. The van der Waals surface area contributed by atoms with Gasteiger partial charge in [0.25, 0.3) is 0 Å². The zero-order chi connectivity index (χ0) is 14.8. The number of halogens is 1. The van der Waals surface area contributed by atoms with Gasteiger partial charge in [0.15, 0.2) is 0 Å². The summed E-state index contributed by atoms with van der Waals surface area (Å²) in [6.07, 6.45) is 1.76.